The van der Waals surface area contributed by atoms with Gasteiger partial charge in [-0.2, -0.15) is 0 Å². The fraction of sp³-hybridized carbons (Fsp3) is 1.00. The van der Waals surface area contributed by atoms with Crippen molar-refractivity contribution in [2.45, 2.75) is 6.29 Å². The lowest BCUT2D eigenvalue weighted by Gasteiger charge is -2.35. The van der Waals surface area contributed by atoms with Crippen molar-refractivity contribution < 1.29 is 0 Å². The van der Waals surface area contributed by atoms with E-state index < -0.39 is 0 Å². The minimum absolute atomic E-state index is 0.116. The molecule has 1 fully saturated rings. The first kappa shape index (κ1) is 4.05. The molecule has 0 aromatic carbocycles. The van der Waals surface area contributed by atoms with E-state index in [1.165, 1.54) is 0 Å². The lowest BCUT2D eigenvalue weighted by atomic mass is 10.6. The Bertz CT molecular complexity index is 46.0. The summed E-state index contributed by atoms with van der Waals surface area (Å²) in [6, 6.07) is 0. The third kappa shape index (κ3) is 0.408. The molecule has 0 aliphatic carbocycles. The summed E-state index contributed by atoms with van der Waals surface area (Å²) in [5, 5.41) is 2.96. The summed E-state index contributed by atoms with van der Waals surface area (Å²) >= 11 is 0. The highest BCUT2D eigenvalue weighted by Gasteiger charge is 2.16. The van der Waals surface area contributed by atoms with Gasteiger partial charge in [0, 0.05) is 0 Å². The van der Waals surface area contributed by atoms with E-state index in [4.69, 9.17) is 5.73 Å². The summed E-state index contributed by atoms with van der Waals surface area (Å²) in [7, 11) is 1.97. The highest BCUT2D eigenvalue weighted by atomic mass is 15.5. The summed E-state index contributed by atoms with van der Waals surface area (Å²) in [5.41, 5.74) is 5.34. The van der Waals surface area contributed by atoms with Crippen LogP contribution in [0.1, 0.15) is 0 Å². The third-order valence-corrected chi connectivity index (χ3v) is 1.02. The van der Waals surface area contributed by atoms with E-state index in [1.54, 1.807) is 0 Å². The monoisotopic (exact) mass is 87.1 g/mol. The van der Waals surface area contributed by atoms with Gasteiger partial charge in [0.15, 0.2) is 0 Å². The average Bonchev–Trinajstić information content (AvgIpc) is 1.61. The molecule has 1 aliphatic heterocycles. The second-order valence-electron chi connectivity index (χ2n) is 1.56. The summed E-state index contributed by atoms with van der Waals surface area (Å²) in [6.07, 6.45) is 0.116. The van der Waals surface area contributed by atoms with Crippen LogP contribution >= 0.6 is 0 Å². The van der Waals surface area contributed by atoms with Gasteiger partial charge in [0.25, 0.3) is 0 Å². The molecule has 0 spiro atoms. The highest BCUT2D eigenvalue weighted by molar-refractivity contribution is 4.66. The maximum Gasteiger partial charge on any atom is 0.113 e. The molecule has 0 radical (unpaired) electrons. The molecule has 1 aliphatic rings. The Morgan fingerprint density at radius 3 is 2.50 bits per heavy atom. The van der Waals surface area contributed by atoms with Gasteiger partial charge in [-0.15, -0.1) is 0 Å². The van der Waals surface area contributed by atoms with Crippen LogP contribution in [0, 0.1) is 0 Å². The van der Waals surface area contributed by atoms with Crippen molar-refractivity contribution >= 4 is 0 Å². The van der Waals surface area contributed by atoms with E-state index in [2.05, 4.69) is 5.32 Å². The zero-order valence-electron chi connectivity index (χ0n) is 3.81. The van der Waals surface area contributed by atoms with E-state index >= 15 is 0 Å². The smallest absolute Gasteiger partial charge is 0.113 e. The molecule has 3 N–H and O–H groups in total. The second kappa shape index (κ2) is 1.18. The molecule has 0 saturated carbocycles. The van der Waals surface area contributed by atoms with Crippen molar-refractivity contribution in [1.29, 1.82) is 0 Å². The lowest BCUT2D eigenvalue weighted by molar-refractivity contribution is 0.0846. The quantitative estimate of drug-likeness (QED) is 0.386. The highest BCUT2D eigenvalue weighted by Crippen LogP contribution is 1.90. The van der Waals surface area contributed by atoms with Crippen molar-refractivity contribution in [2.24, 2.45) is 5.73 Å². The zero-order chi connectivity index (χ0) is 4.57. The van der Waals surface area contributed by atoms with Crippen LogP contribution < -0.4 is 11.1 Å². The number of rotatable bonds is 0. The second-order valence-corrected chi connectivity index (χ2v) is 1.56. The Balaban J connectivity index is 2.20. The fourth-order valence-corrected chi connectivity index (χ4v) is 0.379. The number of nitrogens with two attached hydrogens (primary N) is 1. The number of nitrogens with zero attached hydrogens (tertiary/aromatic N) is 1. The average molecular weight is 87.1 g/mol. The lowest BCUT2D eigenvalue weighted by Crippen LogP contribution is -2.64. The molecule has 0 amide bonds. The summed E-state index contributed by atoms with van der Waals surface area (Å²) in [5.74, 6) is 0. The first-order chi connectivity index (χ1) is 2.80. The van der Waals surface area contributed by atoms with Gasteiger partial charge in [-0.05, 0) is 7.05 Å². The zero-order valence-corrected chi connectivity index (χ0v) is 3.81. The van der Waals surface area contributed by atoms with Crippen LogP contribution in [0.3, 0.4) is 0 Å². The molecular weight excluding hydrogens is 78.1 g/mol. The Kier molecular flexibility index (Phi) is 0.799. The summed E-state index contributed by atoms with van der Waals surface area (Å²) in [6.45, 7) is 0.932. The molecule has 36 valence electrons. The van der Waals surface area contributed by atoms with Crippen LogP contribution in [0.5, 0.6) is 0 Å². The molecule has 0 aromatic heterocycles. The maximum absolute atomic E-state index is 5.34. The largest absolute Gasteiger partial charge is 0.303 e. The summed E-state index contributed by atoms with van der Waals surface area (Å²) < 4.78 is 0. The number of hydrogen-bond donors (Lipinski definition) is 2. The van der Waals surface area contributed by atoms with E-state index in [-0.39, 0.29) is 6.29 Å². The maximum atomic E-state index is 5.34. The van der Waals surface area contributed by atoms with Gasteiger partial charge in [0.1, 0.15) is 6.29 Å². The minimum Gasteiger partial charge on any atom is -0.303 e. The third-order valence-electron chi connectivity index (χ3n) is 1.02. The number of nitrogens with one attached hydrogen (secondary N) is 1. The van der Waals surface area contributed by atoms with Gasteiger partial charge < -0.3 is 5.73 Å². The van der Waals surface area contributed by atoms with E-state index in [0.29, 0.717) is 0 Å². The van der Waals surface area contributed by atoms with Crippen molar-refractivity contribution in [3.63, 3.8) is 0 Å². The molecule has 3 nitrogen and oxygen atoms in total. The van der Waals surface area contributed by atoms with E-state index in [0.717, 1.165) is 6.67 Å². The Morgan fingerprint density at radius 1 is 2.00 bits per heavy atom. The van der Waals surface area contributed by atoms with E-state index in [9.17, 15) is 0 Å². The van der Waals surface area contributed by atoms with Crippen LogP contribution in [0.2, 0.25) is 0 Å². The molecule has 0 bridgehead atoms. The minimum atomic E-state index is 0.116. The molecular formula is C3H9N3. The van der Waals surface area contributed by atoms with Crippen LogP contribution in [0.15, 0.2) is 0 Å². The molecule has 1 unspecified atom stereocenters. The van der Waals surface area contributed by atoms with Gasteiger partial charge in [-0.1, -0.05) is 0 Å². The van der Waals surface area contributed by atoms with E-state index in [1.807, 2.05) is 11.9 Å². The SMILES string of the molecule is CN1CNC1N. The summed E-state index contributed by atoms with van der Waals surface area (Å²) in [4.78, 5) is 2.01. The molecule has 1 rings (SSSR count). The molecule has 1 atom stereocenters. The number of hydrogen-bond acceptors (Lipinski definition) is 3. The molecule has 1 heterocycles. The fourth-order valence-electron chi connectivity index (χ4n) is 0.379. The van der Waals surface area contributed by atoms with Crippen LogP contribution in [0.4, 0.5) is 0 Å². The van der Waals surface area contributed by atoms with Gasteiger partial charge in [0.05, 0.1) is 6.67 Å². The predicted octanol–water partition coefficient (Wildman–Crippen LogP) is -1.28. The normalized spacial score (nSPS) is 36.0. The topological polar surface area (TPSA) is 41.3 Å². The first-order valence-corrected chi connectivity index (χ1v) is 2.00. The Morgan fingerprint density at radius 2 is 2.50 bits per heavy atom. The Hall–Kier alpha value is -0.120. The van der Waals surface area contributed by atoms with Crippen molar-refractivity contribution in [3.8, 4) is 0 Å². The van der Waals surface area contributed by atoms with Gasteiger partial charge in [-0.25, -0.2) is 0 Å². The molecule has 0 aromatic rings. The molecule has 3 heteroatoms. The van der Waals surface area contributed by atoms with Crippen molar-refractivity contribution in [3.05, 3.63) is 0 Å². The van der Waals surface area contributed by atoms with Crippen LogP contribution in [-0.4, -0.2) is 24.9 Å². The van der Waals surface area contributed by atoms with Gasteiger partial charge in [-0.3, -0.25) is 10.2 Å². The van der Waals surface area contributed by atoms with Crippen LogP contribution in [-0.2, 0) is 0 Å². The molecule has 1 saturated heterocycles. The molecule has 6 heavy (non-hydrogen) atoms. The van der Waals surface area contributed by atoms with Gasteiger partial charge in [0.2, 0.25) is 0 Å². The standard InChI is InChI=1S/C3H9N3/c1-6-2-5-3(6)4/h3,5H,2,4H2,1H3. The predicted molar refractivity (Wildman–Crippen MR) is 23.7 cm³/mol. The first-order valence-electron chi connectivity index (χ1n) is 2.00. The van der Waals surface area contributed by atoms with Crippen molar-refractivity contribution in [2.75, 3.05) is 13.7 Å². The van der Waals surface area contributed by atoms with Crippen molar-refractivity contribution in [1.82, 2.24) is 10.2 Å². The van der Waals surface area contributed by atoms with Gasteiger partial charge >= 0.3 is 0 Å². The Labute approximate surface area is 37.1 Å². The van der Waals surface area contributed by atoms with Crippen LogP contribution in [0.25, 0.3) is 0 Å².